The van der Waals surface area contributed by atoms with E-state index in [0.717, 1.165) is 34.1 Å². The molecular weight excluding hydrogens is 574 g/mol. The predicted octanol–water partition coefficient (Wildman–Crippen LogP) is 9.50. The normalized spacial score (nSPS) is 19.5. The summed E-state index contributed by atoms with van der Waals surface area (Å²) in [4.78, 5) is 10.2. The summed E-state index contributed by atoms with van der Waals surface area (Å²) in [5.41, 5.74) is 9.18. The lowest BCUT2D eigenvalue weighted by Crippen LogP contribution is -2.36. The maximum absolute atomic E-state index is 6.27. The van der Waals surface area contributed by atoms with Crippen LogP contribution in [0.1, 0.15) is 39.9 Å². The molecule has 47 heavy (non-hydrogen) atoms. The maximum atomic E-state index is 6.27. The Bertz CT molecular complexity index is 2240. The van der Waals surface area contributed by atoms with Gasteiger partial charge in [0.2, 0.25) is 0 Å². The topological polar surface area (TPSA) is 46.0 Å². The molecule has 0 radical (unpaired) electrons. The van der Waals surface area contributed by atoms with Gasteiger partial charge in [0.05, 0.1) is 5.92 Å². The van der Waals surface area contributed by atoms with E-state index < -0.39 is 0 Å². The molecule has 9 rings (SSSR count). The molecule has 0 amide bonds. The molecule has 1 aliphatic carbocycles. The molecule has 6 aromatic carbocycles. The van der Waals surface area contributed by atoms with Crippen LogP contribution in [0.5, 0.6) is 5.75 Å². The monoisotopic (exact) mass is 605 g/mol. The number of para-hydroxylation sites is 1. The van der Waals surface area contributed by atoms with Crippen LogP contribution in [0, 0.1) is 0 Å². The summed E-state index contributed by atoms with van der Waals surface area (Å²) in [6.45, 7) is 0. The first kappa shape index (κ1) is 27.3. The van der Waals surface area contributed by atoms with Crippen molar-refractivity contribution < 1.29 is 4.74 Å². The molecule has 3 atom stereocenters. The number of hydrogen-bond donors (Lipinski definition) is 1. The highest BCUT2D eigenvalue weighted by Gasteiger charge is 2.36. The van der Waals surface area contributed by atoms with E-state index in [9.17, 15) is 0 Å². The second-order valence-electron chi connectivity index (χ2n) is 12.2. The fourth-order valence-electron chi connectivity index (χ4n) is 7.00. The Labute approximate surface area is 274 Å². The minimum Gasteiger partial charge on any atom is -0.485 e. The first-order valence-electron chi connectivity index (χ1n) is 16.1. The Kier molecular flexibility index (Phi) is 6.64. The molecule has 224 valence electrons. The molecule has 2 heterocycles. The molecule has 4 nitrogen and oxygen atoms in total. The molecule has 0 bridgehead atoms. The van der Waals surface area contributed by atoms with E-state index in [1.54, 1.807) is 0 Å². The smallest absolute Gasteiger partial charge is 0.169 e. The summed E-state index contributed by atoms with van der Waals surface area (Å²) in [5, 5.41) is 6.06. The third-order valence-electron chi connectivity index (χ3n) is 9.35. The fraction of sp³-hybridized carbons (Fsp3) is 0.0698. The lowest BCUT2D eigenvalue weighted by molar-refractivity contribution is 0.271. The Morgan fingerprint density at radius 3 is 1.98 bits per heavy atom. The van der Waals surface area contributed by atoms with Gasteiger partial charge in [0.1, 0.15) is 23.5 Å². The average Bonchev–Trinajstić information content (AvgIpc) is 3.54. The Morgan fingerprint density at radius 2 is 1.19 bits per heavy atom. The number of hydrogen-bond acceptors (Lipinski definition) is 4. The van der Waals surface area contributed by atoms with Crippen molar-refractivity contribution in [2.45, 2.75) is 18.2 Å². The third-order valence-corrected chi connectivity index (χ3v) is 9.35. The van der Waals surface area contributed by atoms with Crippen LogP contribution in [0.4, 0.5) is 0 Å². The van der Waals surface area contributed by atoms with E-state index in [2.05, 4.69) is 145 Å². The van der Waals surface area contributed by atoms with Crippen molar-refractivity contribution in [2.75, 3.05) is 0 Å². The van der Waals surface area contributed by atoms with Crippen LogP contribution >= 0.6 is 0 Å². The van der Waals surface area contributed by atoms with Gasteiger partial charge < -0.3 is 10.1 Å². The zero-order chi connectivity index (χ0) is 31.2. The standard InChI is InChI=1S/C43H31N3O/c1-2-11-31(12-3-1)41-44-42(32-24-20-29(21-25-32)35-16-8-13-28-10-4-5-14-34(28)35)46-43(45-41)33-26-22-30(23-27-33)36-17-9-19-39-40(36)37-15-6-7-18-38(37)47-39/h1-27,39-41H,(H,44,45,46). The highest BCUT2D eigenvalue weighted by molar-refractivity contribution is 6.16. The number of rotatable bonds is 5. The van der Waals surface area contributed by atoms with E-state index in [0.29, 0.717) is 0 Å². The Balaban J connectivity index is 1.03. The number of ether oxygens (including phenoxy) is 1. The van der Waals surface area contributed by atoms with Crippen molar-refractivity contribution in [3.05, 3.63) is 192 Å². The van der Waals surface area contributed by atoms with Gasteiger partial charge in [-0.1, -0.05) is 152 Å². The van der Waals surface area contributed by atoms with Gasteiger partial charge in [0.15, 0.2) is 6.17 Å². The molecule has 3 aliphatic rings. The number of amidine groups is 2. The largest absolute Gasteiger partial charge is 0.485 e. The molecule has 0 saturated carbocycles. The number of allylic oxidation sites excluding steroid dienone is 2. The SMILES string of the molecule is C1=CC2Oc3ccccc3C2C(c2ccc(C3=NC(c4ccccc4)N=C(c4ccc(-c5cccc6ccccc56)cc4)N3)cc2)=C1. The van der Waals surface area contributed by atoms with Crippen LogP contribution in [0.25, 0.3) is 27.5 Å². The van der Waals surface area contributed by atoms with Crippen LogP contribution in [0.15, 0.2) is 174 Å². The number of aliphatic imine (C=N–C) groups is 2. The van der Waals surface area contributed by atoms with Crippen LogP contribution in [-0.4, -0.2) is 17.8 Å². The lowest BCUT2D eigenvalue weighted by atomic mass is 9.81. The third kappa shape index (κ3) is 4.95. The van der Waals surface area contributed by atoms with Crippen LogP contribution < -0.4 is 10.1 Å². The number of nitrogens with zero attached hydrogens (tertiary/aromatic N) is 2. The summed E-state index contributed by atoms with van der Waals surface area (Å²) in [6, 6.07) is 51.0. The van der Waals surface area contributed by atoms with Gasteiger partial charge in [-0.05, 0) is 50.7 Å². The van der Waals surface area contributed by atoms with E-state index in [-0.39, 0.29) is 18.2 Å². The van der Waals surface area contributed by atoms with Crippen LogP contribution in [-0.2, 0) is 0 Å². The van der Waals surface area contributed by atoms with E-state index in [1.165, 1.54) is 38.6 Å². The molecule has 4 heteroatoms. The van der Waals surface area contributed by atoms with E-state index in [1.807, 2.05) is 24.3 Å². The lowest BCUT2D eigenvalue weighted by Gasteiger charge is -2.24. The van der Waals surface area contributed by atoms with Crippen LogP contribution in [0.3, 0.4) is 0 Å². The summed E-state index contributed by atoms with van der Waals surface area (Å²) >= 11 is 0. The highest BCUT2D eigenvalue weighted by atomic mass is 16.5. The second kappa shape index (κ2) is 11.4. The highest BCUT2D eigenvalue weighted by Crippen LogP contribution is 2.47. The molecule has 0 aromatic heterocycles. The molecule has 3 unspecified atom stereocenters. The van der Waals surface area contributed by atoms with Crippen molar-refractivity contribution in [3.63, 3.8) is 0 Å². The van der Waals surface area contributed by atoms with Crippen LogP contribution in [0.2, 0.25) is 0 Å². The molecule has 0 saturated heterocycles. The van der Waals surface area contributed by atoms with Gasteiger partial charge in [-0.25, -0.2) is 9.98 Å². The molecular formula is C43H31N3O. The van der Waals surface area contributed by atoms with E-state index >= 15 is 0 Å². The molecule has 0 spiro atoms. The quantitative estimate of drug-likeness (QED) is 0.213. The average molecular weight is 606 g/mol. The Hall–Kier alpha value is -6.00. The van der Waals surface area contributed by atoms with Gasteiger partial charge in [-0.2, -0.15) is 0 Å². The first-order valence-corrected chi connectivity index (χ1v) is 16.1. The molecule has 6 aromatic rings. The zero-order valence-corrected chi connectivity index (χ0v) is 25.6. The first-order chi connectivity index (χ1) is 23.3. The number of benzene rings is 6. The van der Waals surface area contributed by atoms with Gasteiger partial charge in [0, 0.05) is 16.7 Å². The zero-order valence-electron chi connectivity index (χ0n) is 25.6. The summed E-state index contributed by atoms with van der Waals surface area (Å²) < 4.78 is 6.27. The predicted molar refractivity (Wildman–Crippen MR) is 192 cm³/mol. The minimum atomic E-state index is -0.348. The van der Waals surface area contributed by atoms with Gasteiger partial charge in [0.25, 0.3) is 0 Å². The summed E-state index contributed by atoms with van der Waals surface area (Å²) in [5.74, 6) is 2.77. The molecule has 1 N–H and O–H groups in total. The number of fused-ring (bicyclic) bond motifs is 4. The van der Waals surface area contributed by atoms with Gasteiger partial charge >= 0.3 is 0 Å². The van der Waals surface area contributed by atoms with Gasteiger partial charge in [-0.3, -0.25) is 0 Å². The van der Waals surface area contributed by atoms with E-state index in [4.69, 9.17) is 14.7 Å². The van der Waals surface area contributed by atoms with Crippen molar-refractivity contribution in [1.29, 1.82) is 0 Å². The molecule has 2 aliphatic heterocycles. The Morgan fingerprint density at radius 1 is 0.553 bits per heavy atom. The van der Waals surface area contributed by atoms with Crippen molar-refractivity contribution in [3.8, 4) is 16.9 Å². The maximum Gasteiger partial charge on any atom is 0.169 e. The fourth-order valence-corrected chi connectivity index (χ4v) is 7.00. The molecule has 0 fully saturated rings. The van der Waals surface area contributed by atoms with Crippen molar-refractivity contribution in [2.24, 2.45) is 9.98 Å². The van der Waals surface area contributed by atoms with Crippen molar-refractivity contribution >= 4 is 28.0 Å². The van der Waals surface area contributed by atoms with Gasteiger partial charge in [-0.15, -0.1) is 0 Å². The minimum absolute atomic E-state index is 0.0221. The summed E-state index contributed by atoms with van der Waals surface area (Å²) in [7, 11) is 0. The van der Waals surface area contributed by atoms with Crippen molar-refractivity contribution in [1.82, 2.24) is 5.32 Å². The second-order valence-corrected chi connectivity index (χ2v) is 12.2. The summed E-state index contributed by atoms with van der Waals surface area (Å²) in [6.07, 6.45) is 6.16. The number of nitrogens with one attached hydrogen (secondary N) is 1.